The number of aliphatic carboxylic acids is 1. The minimum Gasteiger partial charge on any atom is -0.481 e. The van der Waals surface area contributed by atoms with Crippen LogP contribution in [0, 0.1) is 19.8 Å². The summed E-state index contributed by atoms with van der Waals surface area (Å²) in [6, 6.07) is 5.31. The molecule has 3 rings (SSSR count). The van der Waals surface area contributed by atoms with Crippen LogP contribution in [0.3, 0.4) is 0 Å². The Morgan fingerprint density at radius 1 is 1.28 bits per heavy atom. The van der Waals surface area contributed by atoms with Gasteiger partial charge >= 0.3 is 5.97 Å². The van der Waals surface area contributed by atoms with Gasteiger partial charge in [0.05, 0.1) is 16.4 Å². The summed E-state index contributed by atoms with van der Waals surface area (Å²) in [4.78, 5) is 23.5. The summed E-state index contributed by atoms with van der Waals surface area (Å²) in [5, 5.41) is 12.2. The van der Waals surface area contributed by atoms with E-state index in [0.717, 1.165) is 5.56 Å². The lowest BCUT2D eigenvalue weighted by Crippen LogP contribution is -2.56. The molecule has 0 bridgehead atoms. The highest BCUT2D eigenvalue weighted by Gasteiger charge is 2.52. The predicted octanol–water partition coefficient (Wildman–Crippen LogP) is 1.05. The van der Waals surface area contributed by atoms with Gasteiger partial charge in [0, 0.05) is 19.5 Å². The van der Waals surface area contributed by atoms with Gasteiger partial charge in [0.15, 0.2) is 0 Å². The molecular formula is C17H22N2O5S. The van der Waals surface area contributed by atoms with Crippen LogP contribution in [0.1, 0.15) is 30.4 Å². The number of aryl methyl sites for hydroxylation is 2. The molecule has 2 saturated heterocycles. The molecule has 0 radical (unpaired) electrons. The molecular weight excluding hydrogens is 344 g/mol. The summed E-state index contributed by atoms with van der Waals surface area (Å²) in [5.74, 6) is -2.09. The van der Waals surface area contributed by atoms with Crippen LogP contribution in [0.5, 0.6) is 0 Å². The summed E-state index contributed by atoms with van der Waals surface area (Å²) in [6.07, 6.45) is 0.568. The number of carbonyl (C=O) groups is 2. The zero-order valence-corrected chi connectivity index (χ0v) is 15.1. The van der Waals surface area contributed by atoms with Crippen LogP contribution >= 0.6 is 0 Å². The van der Waals surface area contributed by atoms with Crippen molar-refractivity contribution in [2.75, 3.05) is 13.1 Å². The molecule has 1 aromatic carbocycles. The fourth-order valence-corrected chi connectivity index (χ4v) is 5.59. The number of amides is 1. The maximum Gasteiger partial charge on any atom is 0.309 e. The van der Waals surface area contributed by atoms with E-state index < -0.39 is 27.4 Å². The Morgan fingerprint density at radius 2 is 1.92 bits per heavy atom. The third kappa shape index (κ3) is 3.04. The van der Waals surface area contributed by atoms with Crippen molar-refractivity contribution in [3.8, 4) is 0 Å². The second kappa shape index (κ2) is 6.10. The quantitative estimate of drug-likeness (QED) is 0.832. The fourth-order valence-electron chi connectivity index (χ4n) is 3.84. The molecule has 7 nitrogen and oxygen atoms in total. The number of nitrogens with zero attached hydrogens (tertiary/aromatic N) is 1. The van der Waals surface area contributed by atoms with Gasteiger partial charge in [-0.15, -0.1) is 0 Å². The molecule has 136 valence electrons. The number of rotatable bonds is 3. The molecule has 2 heterocycles. The van der Waals surface area contributed by atoms with Crippen molar-refractivity contribution in [2.45, 2.75) is 43.5 Å². The Labute approximate surface area is 147 Å². The number of carboxylic acids is 1. The van der Waals surface area contributed by atoms with Gasteiger partial charge in [-0.25, -0.2) is 8.42 Å². The van der Waals surface area contributed by atoms with Crippen molar-refractivity contribution in [3.63, 3.8) is 0 Å². The number of carboxylic acid groups (broad SMARTS) is 1. The van der Waals surface area contributed by atoms with Crippen LogP contribution in [-0.2, 0) is 19.6 Å². The van der Waals surface area contributed by atoms with Gasteiger partial charge < -0.3 is 10.4 Å². The third-order valence-electron chi connectivity index (χ3n) is 5.32. The van der Waals surface area contributed by atoms with Crippen molar-refractivity contribution in [3.05, 3.63) is 29.3 Å². The van der Waals surface area contributed by atoms with E-state index in [2.05, 4.69) is 5.32 Å². The monoisotopic (exact) mass is 366 g/mol. The highest BCUT2D eigenvalue weighted by molar-refractivity contribution is 7.89. The van der Waals surface area contributed by atoms with E-state index in [0.29, 0.717) is 18.4 Å². The van der Waals surface area contributed by atoms with Gasteiger partial charge in [-0.05, 0) is 43.9 Å². The number of carbonyl (C=O) groups excluding carboxylic acids is 1. The molecule has 2 N–H and O–H groups in total. The van der Waals surface area contributed by atoms with Gasteiger partial charge in [-0.1, -0.05) is 12.1 Å². The Morgan fingerprint density at radius 3 is 2.52 bits per heavy atom. The average molecular weight is 366 g/mol. The fraction of sp³-hybridized carbons (Fsp3) is 0.529. The summed E-state index contributed by atoms with van der Waals surface area (Å²) in [6.45, 7) is 3.99. The summed E-state index contributed by atoms with van der Waals surface area (Å²) in [5.41, 5.74) is 0.714. The van der Waals surface area contributed by atoms with Gasteiger partial charge in [-0.2, -0.15) is 4.31 Å². The van der Waals surface area contributed by atoms with E-state index in [1.54, 1.807) is 19.1 Å². The molecule has 25 heavy (non-hydrogen) atoms. The number of piperidine rings is 1. The zero-order valence-electron chi connectivity index (χ0n) is 14.3. The van der Waals surface area contributed by atoms with Crippen LogP contribution in [0.15, 0.2) is 23.1 Å². The van der Waals surface area contributed by atoms with E-state index in [1.807, 2.05) is 13.0 Å². The number of nitrogens with one attached hydrogen (secondary N) is 1. The van der Waals surface area contributed by atoms with Crippen LogP contribution in [0.2, 0.25) is 0 Å². The molecule has 0 aromatic heterocycles. The summed E-state index contributed by atoms with van der Waals surface area (Å²) >= 11 is 0. The van der Waals surface area contributed by atoms with Crippen LogP contribution in [0.25, 0.3) is 0 Å². The molecule has 2 aliphatic heterocycles. The normalized spacial score (nSPS) is 23.6. The molecule has 0 aliphatic carbocycles. The molecule has 2 fully saturated rings. The molecule has 1 atom stereocenters. The van der Waals surface area contributed by atoms with Crippen LogP contribution in [0.4, 0.5) is 0 Å². The van der Waals surface area contributed by atoms with Crippen molar-refractivity contribution in [1.29, 1.82) is 0 Å². The Bertz CT molecular complexity index is 825. The molecule has 1 unspecified atom stereocenters. The van der Waals surface area contributed by atoms with E-state index in [1.165, 1.54) is 4.31 Å². The molecule has 1 aromatic rings. The summed E-state index contributed by atoms with van der Waals surface area (Å²) in [7, 11) is -3.64. The van der Waals surface area contributed by atoms with Crippen LogP contribution < -0.4 is 5.32 Å². The first kappa shape index (κ1) is 17.9. The highest BCUT2D eigenvalue weighted by atomic mass is 32.2. The van der Waals surface area contributed by atoms with Crippen molar-refractivity contribution >= 4 is 21.9 Å². The summed E-state index contributed by atoms with van der Waals surface area (Å²) < 4.78 is 27.3. The minimum atomic E-state index is -3.64. The van der Waals surface area contributed by atoms with E-state index in [9.17, 15) is 23.1 Å². The first-order chi connectivity index (χ1) is 11.7. The highest BCUT2D eigenvalue weighted by Crippen LogP contribution is 2.38. The lowest BCUT2D eigenvalue weighted by Gasteiger charge is -2.40. The van der Waals surface area contributed by atoms with Gasteiger partial charge in [0.2, 0.25) is 15.9 Å². The minimum absolute atomic E-state index is 0.0426. The largest absolute Gasteiger partial charge is 0.481 e. The van der Waals surface area contributed by atoms with Crippen molar-refractivity contribution < 1.29 is 23.1 Å². The molecule has 1 spiro atoms. The van der Waals surface area contributed by atoms with Crippen molar-refractivity contribution in [2.24, 2.45) is 5.92 Å². The lowest BCUT2D eigenvalue weighted by atomic mass is 9.78. The Balaban J connectivity index is 1.83. The van der Waals surface area contributed by atoms with E-state index in [4.69, 9.17) is 0 Å². The number of hydrogen-bond acceptors (Lipinski definition) is 4. The van der Waals surface area contributed by atoms with Gasteiger partial charge in [0.1, 0.15) is 0 Å². The zero-order chi connectivity index (χ0) is 18.4. The first-order valence-corrected chi connectivity index (χ1v) is 9.71. The standard InChI is InChI=1S/C17H22N2O5S/c1-11-3-4-12(2)14(9-11)25(23,24)19-7-5-17(6-8-19)13(16(21)22)10-15(20)18-17/h3-4,9,13H,5-8,10H2,1-2H3,(H,18,20)(H,21,22). The molecule has 0 saturated carbocycles. The van der Waals surface area contributed by atoms with Gasteiger partial charge in [0.25, 0.3) is 0 Å². The number of benzene rings is 1. The first-order valence-electron chi connectivity index (χ1n) is 8.27. The molecule has 8 heteroatoms. The smallest absolute Gasteiger partial charge is 0.309 e. The maximum atomic E-state index is 13.0. The SMILES string of the molecule is Cc1ccc(C)c(S(=O)(=O)N2CCC3(CC2)NC(=O)CC3C(=O)O)c1. The molecule has 1 amide bonds. The number of hydrogen-bond donors (Lipinski definition) is 2. The molecule has 2 aliphatic rings. The van der Waals surface area contributed by atoms with E-state index >= 15 is 0 Å². The second-order valence-corrected chi connectivity index (χ2v) is 8.88. The third-order valence-corrected chi connectivity index (χ3v) is 7.36. The second-order valence-electron chi connectivity index (χ2n) is 6.97. The van der Waals surface area contributed by atoms with Gasteiger partial charge in [-0.3, -0.25) is 9.59 Å². The predicted molar refractivity (Wildman–Crippen MR) is 90.5 cm³/mol. The Hall–Kier alpha value is -1.93. The number of sulfonamides is 1. The van der Waals surface area contributed by atoms with E-state index in [-0.39, 0.29) is 30.3 Å². The Kier molecular flexibility index (Phi) is 4.36. The lowest BCUT2D eigenvalue weighted by molar-refractivity contribution is -0.144. The van der Waals surface area contributed by atoms with Crippen LogP contribution in [-0.4, -0.2) is 48.3 Å². The topological polar surface area (TPSA) is 104 Å². The van der Waals surface area contributed by atoms with Crippen molar-refractivity contribution in [1.82, 2.24) is 9.62 Å². The maximum absolute atomic E-state index is 13.0. The average Bonchev–Trinajstić information content (AvgIpc) is 2.86.